The Morgan fingerprint density at radius 1 is 1.31 bits per heavy atom. The molecule has 1 aromatic carbocycles. The van der Waals surface area contributed by atoms with Crippen molar-refractivity contribution in [3.63, 3.8) is 0 Å². The molecule has 0 aliphatic heterocycles. The third kappa shape index (κ3) is 3.26. The summed E-state index contributed by atoms with van der Waals surface area (Å²) >= 11 is 0. The first-order chi connectivity index (χ1) is 7.52. The monoisotopic (exact) mass is 220 g/mol. The number of anilines is 1. The lowest BCUT2D eigenvalue weighted by Gasteiger charge is -2.16. The summed E-state index contributed by atoms with van der Waals surface area (Å²) in [4.78, 5) is 13.0. The van der Waals surface area contributed by atoms with Crippen molar-refractivity contribution in [2.75, 3.05) is 26.0 Å². The quantitative estimate of drug-likeness (QED) is 0.844. The summed E-state index contributed by atoms with van der Waals surface area (Å²) in [7, 11) is 3.52. The van der Waals surface area contributed by atoms with E-state index in [2.05, 4.69) is 25.2 Å². The second-order valence-electron chi connectivity index (χ2n) is 4.38. The number of likely N-dealkylation sites (N-methyl/N-ethyl adjacent to an activating group) is 1. The summed E-state index contributed by atoms with van der Waals surface area (Å²) in [6, 6.07) is 8.11. The van der Waals surface area contributed by atoms with E-state index in [1.54, 1.807) is 19.0 Å². The highest BCUT2D eigenvalue weighted by Crippen LogP contribution is 2.23. The molecule has 0 fully saturated rings. The van der Waals surface area contributed by atoms with E-state index >= 15 is 0 Å². The third-order valence-electron chi connectivity index (χ3n) is 2.51. The molecule has 16 heavy (non-hydrogen) atoms. The van der Waals surface area contributed by atoms with Crippen molar-refractivity contribution >= 4 is 11.6 Å². The highest BCUT2D eigenvalue weighted by Gasteiger charge is 2.07. The van der Waals surface area contributed by atoms with Crippen LogP contribution in [-0.2, 0) is 4.79 Å². The second-order valence-corrected chi connectivity index (χ2v) is 4.38. The van der Waals surface area contributed by atoms with Gasteiger partial charge in [-0.3, -0.25) is 4.79 Å². The number of hydrogen-bond acceptors (Lipinski definition) is 2. The van der Waals surface area contributed by atoms with E-state index in [-0.39, 0.29) is 5.91 Å². The maximum atomic E-state index is 11.5. The van der Waals surface area contributed by atoms with E-state index in [9.17, 15) is 4.79 Å². The molecule has 0 aromatic heterocycles. The Morgan fingerprint density at radius 2 is 1.94 bits per heavy atom. The lowest BCUT2D eigenvalue weighted by atomic mass is 10.0. The maximum absolute atomic E-state index is 11.5. The van der Waals surface area contributed by atoms with Crippen molar-refractivity contribution in [3.05, 3.63) is 29.8 Å². The van der Waals surface area contributed by atoms with Crippen molar-refractivity contribution in [1.82, 2.24) is 4.90 Å². The average Bonchev–Trinajstić information content (AvgIpc) is 2.25. The standard InChI is InChI=1S/C13H20N2O/c1-10(2)11-7-5-6-8-12(11)14-9-13(16)15(3)4/h5-8,10,14H,9H2,1-4H3. The Kier molecular flexibility index (Phi) is 4.35. The zero-order chi connectivity index (χ0) is 12.1. The van der Waals surface area contributed by atoms with Gasteiger partial charge in [-0.2, -0.15) is 0 Å². The Balaban J connectivity index is 2.70. The fourth-order valence-electron chi connectivity index (χ4n) is 1.49. The fraction of sp³-hybridized carbons (Fsp3) is 0.462. The van der Waals surface area contributed by atoms with Crippen LogP contribution in [0.1, 0.15) is 25.3 Å². The maximum Gasteiger partial charge on any atom is 0.241 e. The molecule has 1 N–H and O–H groups in total. The Hall–Kier alpha value is -1.51. The number of carbonyl (C=O) groups excluding carboxylic acids is 1. The molecule has 0 spiro atoms. The van der Waals surface area contributed by atoms with Gasteiger partial charge in [-0.15, -0.1) is 0 Å². The first kappa shape index (κ1) is 12.6. The molecule has 3 heteroatoms. The van der Waals surface area contributed by atoms with E-state index in [1.165, 1.54) is 5.56 Å². The van der Waals surface area contributed by atoms with Gasteiger partial charge in [0.2, 0.25) is 5.91 Å². The molecule has 3 nitrogen and oxygen atoms in total. The average molecular weight is 220 g/mol. The highest BCUT2D eigenvalue weighted by atomic mass is 16.2. The number of hydrogen-bond donors (Lipinski definition) is 1. The number of benzene rings is 1. The zero-order valence-electron chi connectivity index (χ0n) is 10.4. The second kappa shape index (κ2) is 5.54. The number of amides is 1. The molecule has 0 radical (unpaired) electrons. The Labute approximate surface area is 97.5 Å². The van der Waals surface area contributed by atoms with Crippen LogP contribution < -0.4 is 5.32 Å². The molecule has 0 heterocycles. The van der Waals surface area contributed by atoms with Crippen molar-refractivity contribution in [3.8, 4) is 0 Å². The molecule has 0 bridgehead atoms. The van der Waals surface area contributed by atoms with Gasteiger partial charge in [0.15, 0.2) is 0 Å². The van der Waals surface area contributed by atoms with E-state index in [1.807, 2.05) is 18.2 Å². The predicted octanol–water partition coefficient (Wildman–Crippen LogP) is 2.31. The number of carbonyl (C=O) groups is 1. The van der Waals surface area contributed by atoms with Gasteiger partial charge >= 0.3 is 0 Å². The van der Waals surface area contributed by atoms with Crippen molar-refractivity contribution in [2.45, 2.75) is 19.8 Å². The topological polar surface area (TPSA) is 32.3 Å². The molecular weight excluding hydrogens is 200 g/mol. The first-order valence-electron chi connectivity index (χ1n) is 5.55. The van der Waals surface area contributed by atoms with Crippen LogP contribution >= 0.6 is 0 Å². The minimum Gasteiger partial charge on any atom is -0.376 e. The third-order valence-corrected chi connectivity index (χ3v) is 2.51. The number of nitrogens with one attached hydrogen (secondary N) is 1. The number of para-hydroxylation sites is 1. The SMILES string of the molecule is CC(C)c1ccccc1NCC(=O)N(C)C. The molecule has 0 atom stereocenters. The molecule has 0 saturated heterocycles. The van der Waals surface area contributed by atoms with Crippen LogP contribution in [0.5, 0.6) is 0 Å². The largest absolute Gasteiger partial charge is 0.376 e. The van der Waals surface area contributed by atoms with Gasteiger partial charge in [0, 0.05) is 19.8 Å². The fourth-order valence-corrected chi connectivity index (χ4v) is 1.49. The van der Waals surface area contributed by atoms with Crippen LogP contribution in [0.2, 0.25) is 0 Å². The van der Waals surface area contributed by atoms with Gasteiger partial charge in [0.05, 0.1) is 6.54 Å². The van der Waals surface area contributed by atoms with E-state index < -0.39 is 0 Å². The van der Waals surface area contributed by atoms with Gasteiger partial charge in [0.25, 0.3) is 0 Å². The molecule has 1 aromatic rings. The van der Waals surface area contributed by atoms with Crippen LogP contribution in [0.15, 0.2) is 24.3 Å². The summed E-state index contributed by atoms with van der Waals surface area (Å²) in [5.41, 5.74) is 2.29. The molecule has 88 valence electrons. The lowest BCUT2D eigenvalue weighted by molar-refractivity contribution is -0.126. The van der Waals surface area contributed by atoms with Crippen molar-refractivity contribution in [2.24, 2.45) is 0 Å². The molecule has 1 amide bonds. The smallest absolute Gasteiger partial charge is 0.241 e. The molecule has 0 aliphatic rings. The van der Waals surface area contributed by atoms with Gasteiger partial charge in [-0.1, -0.05) is 32.0 Å². The lowest BCUT2D eigenvalue weighted by Crippen LogP contribution is -2.28. The minimum absolute atomic E-state index is 0.0820. The van der Waals surface area contributed by atoms with Gasteiger partial charge in [0.1, 0.15) is 0 Å². The van der Waals surface area contributed by atoms with E-state index in [0.717, 1.165) is 5.69 Å². The number of rotatable bonds is 4. The zero-order valence-corrected chi connectivity index (χ0v) is 10.4. The van der Waals surface area contributed by atoms with Crippen LogP contribution in [0.4, 0.5) is 5.69 Å². The van der Waals surface area contributed by atoms with Gasteiger partial charge < -0.3 is 10.2 Å². The predicted molar refractivity (Wildman–Crippen MR) is 67.7 cm³/mol. The first-order valence-corrected chi connectivity index (χ1v) is 5.55. The van der Waals surface area contributed by atoms with Crippen LogP contribution in [0.3, 0.4) is 0 Å². The molecular formula is C13H20N2O. The summed E-state index contributed by atoms with van der Waals surface area (Å²) in [5.74, 6) is 0.539. The van der Waals surface area contributed by atoms with Gasteiger partial charge in [-0.05, 0) is 17.5 Å². The Morgan fingerprint density at radius 3 is 2.50 bits per heavy atom. The minimum atomic E-state index is 0.0820. The van der Waals surface area contributed by atoms with E-state index in [4.69, 9.17) is 0 Å². The summed E-state index contributed by atoms with van der Waals surface area (Å²) < 4.78 is 0. The van der Waals surface area contributed by atoms with Crippen molar-refractivity contribution in [1.29, 1.82) is 0 Å². The summed E-state index contributed by atoms with van der Waals surface area (Å²) in [6.45, 7) is 4.64. The van der Waals surface area contributed by atoms with Crippen LogP contribution in [0.25, 0.3) is 0 Å². The van der Waals surface area contributed by atoms with Crippen LogP contribution in [-0.4, -0.2) is 31.4 Å². The highest BCUT2D eigenvalue weighted by molar-refractivity contribution is 5.80. The molecule has 1 rings (SSSR count). The summed E-state index contributed by atoms with van der Waals surface area (Å²) in [5, 5.41) is 3.18. The van der Waals surface area contributed by atoms with Crippen LogP contribution in [0, 0.1) is 0 Å². The Bertz CT molecular complexity index is 359. The normalized spacial score (nSPS) is 10.3. The number of nitrogens with zero attached hydrogens (tertiary/aromatic N) is 1. The molecule has 0 unspecified atom stereocenters. The van der Waals surface area contributed by atoms with E-state index in [0.29, 0.717) is 12.5 Å². The molecule has 0 saturated carbocycles. The summed E-state index contributed by atoms with van der Waals surface area (Å²) in [6.07, 6.45) is 0. The van der Waals surface area contributed by atoms with Crippen molar-refractivity contribution < 1.29 is 4.79 Å². The molecule has 0 aliphatic carbocycles. The van der Waals surface area contributed by atoms with Gasteiger partial charge in [-0.25, -0.2) is 0 Å².